The summed E-state index contributed by atoms with van der Waals surface area (Å²) < 4.78 is 34.8. The normalized spacial score (nSPS) is 20.2. The highest BCUT2D eigenvalue weighted by atomic mass is 19.4. The van der Waals surface area contributed by atoms with Gasteiger partial charge in [-0.3, -0.25) is 0 Å². The van der Waals surface area contributed by atoms with Crippen molar-refractivity contribution in [2.75, 3.05) is 6.61 Å². The molecule has 0 heterocycles. The largest absolute Gasteiger partial charge is 0.425 e. The molecule has 0 atom stereocenters. The zero-order valence-corrected chi connectivity index (χ0v) is 7.81. The van der Waals surface area contributed by atoms with Crippen molar-refractivity contribution in [3.05, 3.63) is 0 Å². The van der Waals surface area contributed by atoms with Gasteiger partial charge in [-0.05, 0) is 12.8 Å². The fraction of sp³-hybridized carbons (Fsp3) is 0.889. The van der Waals surface area contributed by atoms with Crippen LogP contribution in [0.4, 0.5) is 13.2 Å². The molecule has 1 aliphatic rings. The summed E-state index contributed by atoms with van der Waals surface area (Å²) in [4.78, 5) is 4.09. The van der Waals surface area contributed by atoms with Gasteiger partial charge in [0.05, 0.1) is 0 Å². The predicted octanol–water partition coefficient (Wildman–Crippen LogP) is 3.01. The van der Waals surface area contributed by atoms with Gasteiger partial charge in [-0.1, -0.05) is 24.4 Å². The van der Waals surface area contributed by atoms with Crippen LogP contribution in [0.25, 0.3) is 0 Å². The number of halogens is 3. The fourth-order valence-corrected chi connectivity index (χ4v) is 1.45. The van der Waals surface area contributed by atoms with Gasteiger partial charge in [0.25, 0.3) is 0 Å². The molecule has 0 N–H and O–H groups in total. The Kier molecular flexibility index (Phi) is 4.22. The quantitative estimate of drug-likeness (QED) is 0.516. The molecule has 14 heavy (non-hydrogen) atoms. The third-order valence-corrected chi connectivity index (χ3v) is 2.13. The van der Waals surface area contributed by atoms with Gasteiger partial charge in [0.15, 0.2) is 0 Å². The smallest absolute Gasteiger partial charge is 0.386 e. The number of hydrogen-bond donors (Lipinski definition) is 0. The van der Waals surface area contributed by atoms with Gasteiger partial charge in [0.1, 0.15) is 6.21 Å². The van der Waals surface area contributed by atoms with Crippen LogP contribution in [0.1, 0.15) is 32.1 Å². The molecule has 0 aliphatic heterocycles. The Morgan fingerprint density at radius 3 is 2.43 bits per heavy atom. The van der Waals surface area contributed by atoms with Crippen LogP contribution < -0.4 is 0 Å². The van der Waals surface area contributed by atoms with Gasteiger partial charge in [-0.2, -0.15) is 13.2 Å². The van der Waals surface area contributed by atoms with E-state index in [1.165, 1.54) is 6.42 Å². The summed E-state index contributed by atoms with van der Waals surface area (Å²) in [5.41, 5.74) is 0. The molecule has 81 valence electrons. The summed E-state index contributed by atoms with van der Waals surface area (Å²) in [6.45, 7) is -1.33. The SMILES string of the molecule is FC(F)(F)CO/N=[C]\C1CCCCC1. The Bertz CT molecular complexity index is 185. The molecule has 5 heteroatoms. The maximum Gasteiger partial charge on any atom is 0.425 e. The topological polar surface area (TPSA) is 21.6 Å². The van der Waals surface area contributed by atoms with E-state index in [0.29, 0.717) is 0 Å². The molecule has 0 saturated heterocycles. The van der Waals surface area contributed by atoms with Crippen molar-refractivity contribution in [3.63, 3.8) is 0 Å². The number of rotatable bonds is 3. The van der Waals surface area contributed by atoms with Crippen molar-refractivity contribution >= 4 is 6.21 Å². The maximum absolute atomic E-state index is 11.6. The monoisotopic (exact) mass is 208 g/mol. The molecule has 1 fully saturated rings. The summed E-state index contributed by atoms with van der Waals surface area (Å²) in [5.74, 6) is 0.178. The lowest BCUT2D eigenvalue weighted by molar-refractivity contribution is -0.173. The molecular weight excluding hydrogens is 195 g/mol. The predicted molar refractivity (Wildman–Crippen MR) is 46.0 cm³/mol. The molecule has 0 unspecified atom stereocenters. The lowest BCUT2D eigenvalue weighted by atomic mass is 9.90. The highest BCUT2D eigenvalue weighted by Crippen LogP contribution is 2.22. The Labute approximate surface area is 81.1 Å². The minimum Gasteiger partial charge on any atom is -0.386 e. The van der Waals surface area contributed by atoms with Crippen LogP contribution in [0.2, 0.25) is 0 Å². The summed E-state index contributed by atoms with van der Waals surface area (Å²) in [5, 5.41) is 3.21. The van der Waals surface area contributed by atoms with Crippen LogP contribution in [0, 0.1) is 5.92 Å². The molecule has 1 radical (unpaired) electrons. The number of hydrogen-bond acceptors (Lipinski definition) is 2. The zero-order valence-electron chi connectivity index (χ0n) is 7.81. The van der Waals surface area contributed by atoms with Crippen molar-refractivity contribution in [3.8, 4) is 0 Å². The van der Waals surface area contributed by atoms with E-state index in [-0.39, 0.29) is 5.92 Å². The minimum atomic E-state index is -4.31. The molecule has 1 aliphatic carbocycles. The fourth-order valence-electron chi connectivity index (χ4n) is 1.45. The zero-order chi connectivity index (χ0) is 10.4. The molecule has 0 amide bonds. The standard InChI is InChI=1S/C9H13F3NO/c10-9(11,12)7-14-13-6-8-4-2-1-3-5-8/h8H,1-5,7H2. The highest BCUT2D eigenvalue weighted by molar-refractivity contribution is 5.59. The van der Waals surface area contributed by atoms with E-state index in [0.717, 1.165) is 25.7 Å². The average Bonchev–Trinajstić information content (AvgIpc) is 2.13. The number of nitrogens with zero attached hydrogens (tertiary/aromatic N) is 1. The molecule has 1 saturated carbocycles. The summed E-state index contributed by atoms with van der Waals surface area (Å²) in [7, 11) is 0. The molecule has 1 rings (SSSR count). The molecule has 0 aromatic heterocycles. The van der Waals surface area contributed by atoms with E-state index in [1.54, 1.807) is 0 Å². The van der Waals surface area contributed by atoms with Crippen LogP contribution in [0.5, 0.6) is 0 Å². The van der Waals surface area contributed by atoms with Gasteiger partial charge < -0.3 is 4.84 Å². The van der Waals surface area contributed by atoms with Gasteiger partial charge >= 0.3 is 6.18 Å². The second-order valence-corrected chi connectivity index (χ2v) is 3.44. The third-order valence-electron chi connectivity index (χ3n) is 2.13. The van der Waals surface area contributed by atoms with E-state index in [2.05, 4.69) is 16.2 Å². The van der Waals surface area contributed by atoms with Crippen LogP contribution in [-0.4, -0.2) is 19.0 Å². The second-order valence-electron chi connectivity index (χ2n) is 3.44. The maximum atomic E-state index is 11.6. The van der Waals surface area contributed by atoms with Gasteiger partial charge in [-0.15, -0.1) is 0 Å². The number of alkyl halides is 3. The van der Waals surface area contributed by atoms with Crippen LogP contribution in [0.15, 0.2) is 5.16 Å². The third kappa shape index (κ3) is 5.09. The van der Waals surface area contributed by atoms with Crippen molar-refractivity contribution < 1.29 is 18.0 Å². The Morgan fingerprint density at radius 2 is 1.86 bits per heavy atom. The molecule has 0 bridgehead atoms. The van der Waals surface area contributed by atoms with Crippen LogP contribution >= 0.6 is 0 Å². The van der Waals surface area contributed by atoms with E-state index >= 15 is 0 Å². The first-order valence-corrected chi connectivity index (χ1v) is 4.72. The first kappa shape index (κ1) is 11.3. The van der Waals surface area contributed by atoms with Crippen LogP contribution in [0.3, 0.4) is 0 Å². The van der Waals surface area contributed by atoms with E-state index in [4.69, 9.17) is 0 Å². The van der Waals surface area contributed by atoms with Crippen molar-refractivity contribution in [2.24, 2.45) is 11.1 Å². The first-order chi connectivity index (χ1) is 6.58. The van der Waals surface area contributed by atoms with Crippen LogP contribution in [-0.2, 0) is 4.84 Å². The van der Waals surface area contributed by atoms with Crippen molar-refractivity contribution in [2.45, 2.75) is 38.3 Å². The molecule has 0 aromatic rings. The van der Waals surface area contributed by atoms with Crippen molar-refractivity contribution in [1.82, 2.24) is 0 Å². The first-order valence-electron chi connectivity index (χ1n) is 4.72. The van der Waals surface area contributed by atoms with E-state index in [1.807, 2.05) is 0 Å². The lowest BCUT2D eigenvalue weighted by Crippen LogP contribution is -2.15. The average molecular weight is 208 g/mol. The molecular formula is C9H13F3NO. The van der Waals surface area contributed by atoms with E-state index in [9.17, 15) is 13.2 Å². The minimum absolute atomic E-state index is 0.178. The molecule has 0 aromatic carbocycles. The van der Waals surface area contributed by atoms with Gasteiger partial charge in [0.2, 0.25) is 6.61 Å². The van der Waals surface area contributed by atoms with E-state index < -0.39 is 12.8 Å². The second kappa shape index (κ2) is 5.22. The Hall–Kier alpha value is -0.740. The Balaban J connectivity index is 2.13. The van der Waals surface area contributed by atoms with Gasteiger partial charge in [0, 0.05) is 5.92 Å². The molecule has 0 spiro atoms. The lowest BCUT2D eigenvalue weighted by Gasteiger charge is -2.15. The Morgan fingerprint density at radius 1 is 1.21 bits per heavy atom. The highest BCUT2D eigenvalue weighted by Gasteiger charge is 2.28. The van der Waals surface area contributed by atoms with Crippen molar-refractivity contribution in [1.29, 1.82) is 0 Å². The van der Waals surface area contributed by atoms with Gasteiger partial charge in [-0.25, -0.2) is 0 Å². The summed E-state index contributed by atoms with van der Waals surface area (Å²) >= 11 is 0. The summed E-state index contributed by atoms with van der Waals surface area (Å²) in [6, 6.07) is 0. The summed E-state index contributed by atoms with van der Waals surface area (Å²) in [6.07, 6.45) is 3.61. The molecule has 2 nitrogen and oxygen atoms in total.